The molecule has 1 aromatic carbocycles. The molecule has 102 valence electrons. The van der Waals surface area contributed by atoms with Gasteiger partial charge in [0.15, 0.2) is 11.5 Å². The third-order valence-electron chi connectivity index (χ3n) is 2.91. The van der Waals surface area contributed by atoms with Crippen LogP contribution in [0.5, 0.6) is 0 Å². The maximum absolute atomic E-state index is 8.96. The molecule has 0 radical (unpaired) electrons. The van der Waals surface area contributed by atoms with Gasteiger partial charge in [0.25, 0.3) is 0 Å². The van der Waals surface area contributed by atoms with Crippen molar-refractivity contribution in [3.05, 3.63) is 66.4 Å². The Morgan fingerprint density at radius 2 is 1.90 bits per heavy atom. The molecule has 0 aliphatic rings. The van der Waals surface area contributed by atoms with Crippen molar-refractivity contribution in [2.75, 3.05) is 5.32 Å². The van der Waals surface area contributed by atoms with Gasteiger partial charge in [0, 0.05) is 18.6 Å². The normalized spacial score (nSPS) is 10.0. The molecule has 1 N–H and O–H groups in total. The number of para-hydroxylation sites is 1. The highest BCUT2D eigenvalue weighted by atomic mass is 15.3. The number of aromatic nitrogens is 4. The fraction of sp³-hybridized carbons (Fsp3) is 0.0667. The summed E-state index contributed by atoms with van der Waals surface area (Å²) < 4.78 is 1.80. The molecule has 0 atom stereocenters. The molecular formula is C15H12N6. The maximum atomic E-state index is 8.96. The van der Waals surface area contributed by atoms with Gasteiger partial charge >= 0.3 is 0 Å². The topological polar surface area (TPSA) is 79.4 Å². The third-order valence-corrected chi connectivity index (χ3v) is 2.91. The molecule has 0 spiro atoms. The van der Waals surface area contributed by atoms with Crippen molar-refractivity contribution in [3.8, 4) is 11.8 Å². The van der Waals surface area contributed by atoms with Crippen molar-refractivity contribution in [3.63, 3.8) is 0 Å². The summed E-state index contributed by atoms with van der Waals surface area (Å²) in [5, 5.41) is 16.5. The minimum absolute atomic E-state index is 0.278. The molecule has 2 aromatic heterocycles. The Hall–Kier alpha value is -3.20. The number of rotatable bonds is 4. The summed E-state index contributed by atoms with van der Waals surface area (Å²) in [4.78, 5) is 8.05. The summed E-state index contributed by atoms with van der Waals surface area (Å²) in [5.74, 6) is 0.467. The Morgan fingerprint density at radius 1 is 1.10 bits per heavy atom. The second kappa shape index (κ2) is 5.84. The van der Waals surface area contributed by atoms with Crippen LogP contribution in [0, 0.1) is 11.3 Å². The van der Waals surface area contributed by atoms with E-state index in [2.05, 4.69) is 20.4 Å². The van der Waals surface area contributed by atoms with Gasteiger partial charge in [0.2, 0.25) is 0 Å². The Balaban J connectivity index is 1.72. The number of hydrogen-bond acceptors (Lipinski definition) is 5. The van der Waals surface area contributed by atoms with Crippen LogP contribution >= 0.6 is 0 Å². The molecule has 21 heavy (non-hydrogen) atoms. The highest BCUT2D eigenvalue weighted by molar-refractivity contribution is 5.46. The largest absolute Gasteiger partial charge is 0.362 e. The van der Waals surface area contributed by atoms with E-state index in [9.17, 15) is 0 Å². The highest BCUT2D eigenvalue weighted by Gasteiger charge is 2.05. The van der Waals surface area contributed by atoms with E-state index in [1.807, 2.05) is 48.7 Å². The second-order valence-electron chi connectivity index (χ2n) is 4.31. The highest BCUT2D eigenvalue weighted by Crippen LogP contribution is 2.10. The maximum Gasteiger partial charge on any atom is 0.182 e. The SMILES string of the molecule is N#Cc1nccnc1NCc1ccn(-c2ccccc2)n1. The number of hydrogen-bond donors (Lipinski definition) is 1. The average molecular weight is 276 g/mol. The van der Waals surface area contributed by atoms with Crippen LogP contribution in [0.1, 0.15) is 11.4 Å². The molecule has 0 saturated carbocycles. The third kappa shape index (κ3) is 2.87. The molecular weight excluding hydrogens is 264 g/mol. The molecule has 0 unspecified atom stereocenters. The summed E-state index contributed by atoms with van der Waals surface area (Å²) in [6.45, 7) is 0.479. The zero-order valence-electron chi connectivity index (χ0n) is 11.1. The van der Waals surface area contributed by atoms with Crippen LogP contribution in [-0.4, -0.2) is 19.7 Å². The molecule has 2 heterocycles. The summed E-state index contributed by atoms with van der Waals surface area (Å²) in [7, 11) is 0. The predicted molar refractivity (Wildman–Crippen MR) is 77.6 cm³/mol. The van der Waals surface area contributed by atoms with Gasteiger partial charge in [-0.05, 0) is 18.2 Å². The molecule has 3 rings (SSSR count). The van der Waals surface area contributed by atoms with Gasteiger partial charge in [-0.15, -0.1) is 0 Å². The van der Waals surface area contributed by atoms with E-state index < -0.39 is 0 Å². The quantitative estimate of drug-likeness (QED) is 0.789. The Morgan fingerprint density at radius 3 is 2.71 bits per heavy atom. The van der Waals surface area contributed by atoms with Crippen LogP contribution in [0.4, 0.5) is 5.82 Å². The Labute approximate surface area is 121 Å². The van der Waals surface area contributed by atoms with Crippen molar-refractivity contribution in [1.82, 2.24) is 19.7 Å². The van der Waals surface area contributed by atoms with E-state index in [0.29, 0.717) is 12.4 Å². The number of nitriles is 1. The first kappa shape index (κ1) is 12.8. The zero-order valence-corrected chi connectivity index (χ0v) is 11.1. The van der Waals surface area contributed by atoms with Crippen molar-refractivity contribution in [2.45, 2.75) is 6.54 Å². The van der Waals surface area contributed by atoms with Gasteiger partial charge in [0.05, 0.1) is 17.9 Å². The summed E-state index contributed by atoms with van der Waals surface area (Å²) >= 11 is 0. The van der Waals surface area contributed by atoms with E-state index in [1.165, 1.54) is 6.20 Å². The lowest BCUT2D eigenvalue weighted by atomic mass is 10.3. The summed E-state index contributed by atoms with van der Waals surface area (Å²) in [5.41, 5.74) is 2.13. The second-order valence-corrected chi connectivity index (χ2v) is 4.31. The molecule has 0 bridgehead atoms. The zero-order chi connectivity index (χ0) is 14.5. The van der Waals surface area contributed by atoms with Crippen molar-refractivity contribution in [2.24, 2.45) is 0 Å². The smallest absolute Gasteiger partial charge is 0.182 e. The average Bonchev–Trinajstić information content (AvgIpc) is 3.03. The molecule has 0 aliphatic carbocycles. The van der Waals surface area contributed by atoms with E-state index in [1.54, 1.807) is 10.9 Å². The lowest BCUT2D eigenvalue weighted by Gasteiger charge is -2.04. The van der Waals surface area contributed by atoms with Crippen LogP contribution < -0.4 is 5.32 Å². The number of nitrogens with zero attached hydrogens (tertiary/aromatic N) is 5. The molecule has 0 aliphatic heterocycles. The fourth-order valence-corrected chi connectivity index (χ4v) is 1.90. The number of benzene rings is 1. The van der Waals surface area contributed by atoms with Crippen molar-refractivity contribution < 1.29 is 0 Å². The van der Waals surface area contributed by atoms with Crippen molar-refractivity contribution >= 4 is 5.82 Å². The fourth-order valence-electron chi connectivity index (χ4n) is 1.90. The van der Waals surface area contributed by atoms with Gasteiger partial charge in [-0.1, -0.05) is 18.2 Å². The lowest BCUT2D eigenvalue weighted by molar-refractivity contribution is 0.842. The van der Waals surface area contributed by atoms with Crippen LogP contribution in [0.2, 0.25) is 0 Å². The minimum Gasteiger partial charge on any atom is -0.362 e. The summed E-state index contributed by atoms with van der Waals surface area (Å²) in [6.07, 6.45) is 4.94. The van der Waals surface area contributed by atoms with E-state index in [0.717, 1.165) is 11.4 Å². The van der Waals surface area contributed by atoms with Gasteiger partial charge in [-0.3, -0.25) is 0 Å². The van der Waals surface area contributed by atoms with Gasteiger partial charge in [-0.2, -0.15) is 10.4 Å². The van der Waals surface area contributed by atoms with Crippen molar-refractivity contribution in [1.29, 1.82) is 5.26 Å². The number of anilines is 1. The summed E-state index contributed by atoms with van der Waals surface area (Å²) in [6, 6.07) is 13.8. The minimum atomic E-state index is 0.278. The van der Waals surface area contributed by atoms with Gasteiger partial charge in [0.1, 0.15) is 6.07 Å². The first-order chi connectivity index (χ1) is 10.4. The van der Waals surface area contributed by atoms with Crippen LogP contribution in [-0.2, 0) is 6.54 Å². The Kier molecular flexibility index (Phi) is 3.56. The lowest BCUT2D eigenvalue weighted by Crippen LogP contribution is -2.05. The van der Waals surface area contributed by atoms with E-state index in [4.69, 9.17) is 5.26 Å². The predicted octanol–water partition coefficient (Wildman–Crippen LogP) is 2.15. The molecule has 0 saturated heterocycles. The van der Waals surface area contributed by atoms with Gasteiger partial charge < -0.3 is 5.32 Å². The molecule has 3 aromatic rings. The first-order valence-corrected chi connectivity index (χ1v) is 6.42. The van der Waals surface area contributed by atoms with Crippen LogP contribution in [0.25, 0.3) is 5.69 Å². The van der Waals surface area contributed by atoms with Gasteiger partial charge in [-0.25, -0.2) is 14.6 Å². The Bertz CT molecular complexity index is 772. The molecule has 6 nitrogen and oxygen atoms in total. The molecule has 6 heteroatoms. The van der Waals surface area contributed by atoms with E-state index in [-0.39, 0.29) is 5.69 Å². The van der Waals surface area contributed by atoms with E-state index >= 15 is 0 Å². The van der Waals surface area contributed by atoms with Crippen LogP contribution in [0.3, 0.4) is 0 Å². The first-order valence-electron chi connectivity index (χ1n) is 6.42. The number of nitrogens with one attached hydrogen (secondary N) is 1. The monoisotopic (exact) mass is 276 g/mol. The van der Waals surface area contributed by atoms with Crippen LogP contribution in [0.15, 0.2) is 55.0 Å². The standard InChI is InChI=1S/C15H12N6/c16-10-14-15(18-8-7-17-14)19-11-12-6-9-21(20-12)13-4-2-1-3-5-13/h1-9H,11H2,(H,18,19). The molecule has 0 amide bonds. The molecule has 0 fully saturated rings.